The number of nitrogens with zero attached hydrogens (tertiary/aromatic N) is 3. The molecule has 2 aliphatic rings. The molecule has 0 N–H and O–H groups in total. The molecule has 2 aliphatic heterocycles. The second kappa shape index (κ2) is 4.63. The molecule has 0 aliphatic carbocycles. The number of carbonyl (C=O) groups is 1. The number of carbonyl (C=O) groups excluding carboxylic acids is 1. The van der Waals surface area contributed by atoms with E-state index in [0.717, 1.165) is 22.6 Å². The SMILES string of the molecule is CC1=NN(Cc2ccccc2)C(=O)[C@]12N=C2c1ccccc1. The van der Waals surface area contributed by atoms with Crippen molar-refractivity contribution in [2.24, 2.45) is 10.1 Å². The van der Waals surface area contributed by atoms with E-state index in [1.807, 2.05) is 67.6 Å². The lowest BCUT2D eigenvalue weighted by Crippen LogP contribution is -2.38. The van der Waals surface area contributed by atoms with Crippen LogP contribution in [0.4, 0.5) is 0 Å². The fraction of sp³-hybridized carbons (Fsp3) is 0.167. The number of amides is 1. The molecular weight excluding hydrogens is 274 g/mol. The van der Waals surface area contributed by atoms with Crippen LogP contribution in [0, 0.1) is 0 Å². The van der Waals surface area contributed by atoms with E-state index in [1.54, 1.807) is 0 Å². The Balaban J connectivity index is 1.58. The first-order valence-electron chi connectivity index (χ1n) is 7.29. The maximum Gasteiger partial charge on any atom is 0.283 e. The van der Waals surface area contributed by atoms with Crippen LogP contribution in [-0.2, 0) is 11.3 Å². The van der Waals surface area contributed by atoms with Crippen LogP contribution in [0.1, 0.15) is 18.1 Å². The minimum Gasteiger partial charge on any atom is -0.269 e. The molecule has 0 aromatic heterocycles. The van der Waals surface area contributed by atoms with E-state index in [2.05, 4.69) is 10.1 Å². The van der Waals surface area contributed by atoms with Gasteiger partial charge in [0.1, 0.15) is 0 Å². The van der Waals surface area contributed by atoms with E-state index in [-0.39, 0.29) is 5.91 Å². The third kappa shape index (κ3) is 1.80. The van der Waals surface area contributed by atoms with Crippen LogP contribution in [0.2, 0.25) is 0 Å². The van der Waals surface area contributed by atoms with Gasteiger partial charge in [0.25, 0.3) is 5.91 Å². The highest BCUT2D eigenvalue weighted by molar-refractivity contribution is 6.45. The van der Waals surface area contributed by atoms with Crippen molar-refractivity contribution in [3.05, 3.63) is 71.8 Å². The van der Waals surface area contributed by atoms with Crippen LogP contribution in [0.15, 0.2) is 70.8 Å². The van der Waals surface area contributed by atoms with E-state index in [4.69, 9.17) is 0 Å². The van der Waals surface area contributed by atoms with Gasteiger partial charge in [0.15, 0.2) is 0 Å². The van der Waals surface area contributed by atoms with Crippen molar-refractivity contribution in [3.63, 3.8) is 0 Å². The monoisotopic (exact) mass is 289 g/mol. The molecule has 0 bridgehead atoms. The number of aliphatic imine (C=N–C) groups is 1. The zero-order chi connectivity index (χ0) is 15.2. The van der Waals surface area contributed by atoms with Gasteiger partial charge in [0.2, 0.25) is 5.54 Å². The largest absolute Gasteiger partial charge is 0.283 e. The minimum absolute atomic E-state index is 0.0484. The number of benzene rings is 2. The minimum atomic E-state index is -0.837. The van der Waals surface area contributed by atoms with Crippen LogP contribution in [0.3, 0.4) is 0 Å². The summed E-state index contributed by atoms with van der Waals surface area (Å²) >= 11 is 0. The lowest BCUT2D eigenvalue weighted by Gasteiger charge is -2.13. The summed E-state index contributed by atoms with van der Waals surface area (Å²) in [5, 5.41) is 5.97. The summed E-state index contributed by atoms with van der Waals surface area (Å²) < 4.78 is 0. The molecule has 4 rings (SSSR count). The molecule has 0 fully saturated rings. The number of hydrogen-bond acceptors (Lipinski definition) is 3. The molecule has 4 nitrogen and oxygen atoms in total. The Bertz CT molecular complexity index is 796. The van der Waals surface area contributed by atoms with Gasteiger partial charge in [-0.3, -0.25) is 9.79 Å². The topological polar surface area (TPSA) is 45.0 Å². The first-order valence-corrected chi connectivity index (χ1v) is 7.29. The number of hydrazone groups is 1. The maximum absolute atomic E-state index is 12.8. The van der Waals surface area contributed by atoms with Crippen LogP contribution < -0.4 is 0 Å². The molecule has 22 heavy (non-hydrogen) atoms. The van der Waals surface area contributed by atoms with Crippen molar-refractivity contribution in [2.45, 2.75) is 19.0 Å². The van der Waals surface area contributed by atoms with Crippen LogP contribution in [0.5, 0.6) is 0 Å². The van der Waals surface area contributed by atoms with Crippen molar-refractivity contribution in [3.8, 4) is 0 Å². The number of rotatable bonds is 3. The Morgan fingerprint density at radius 3 is 2.32 bits per heavy atom. The van der Waals surface area contributed by atoms with Crippen molar-refractivity contribution in [1.29, 1.82) is 0 Å². The van der Waals surface area contributed by atoms with E-state index >= 15 is 0 Å². The van der Waals surface area contributed by atoms with Gasteiger partial charge in [-0.25, -0.2) is 5.01 Å². The van der Waals surface area contributed by atoms with Crippen LogP contribution >= 0.6 is 0 Å². The Labute approximate surface area is 128 Å². The normalized spacial score (nSPS) is 22.8. The summed E-state index contributed by atoms with van der Waals surface area (Å²) in [5.41, 5.74) is 2.80. The Morgan fingerprint density at radius 1 is 1.00 bits per heavy atom. The maximum atomic E-state index is 12.8. The average molecular weight is 289 g/mol. The van der Waals surface area contributed by atoms with Gasteiger partial charge in [0.05, 0.1) is 18.0 Å². The van der Waals surface area contributed by atoms with E-state index < -0.39 is 5.54 Å². The first kappa shape index (κ1) is 13.0. The second-order valence-electron chi connectivity index (χ2n) is 5.57. The van der Waals surface area contributed by atoms with Crippen molar-refractivity contribution >= 4 is 17.3 Å². The fourth-order valence-electron chi connectivity index (χ4n) is 2.91. The summed E-state index contributed by atoms with van der Waals surface area (Å²) in [5.74, 6) is -0.0484. The van der Waals surface area contributed by atoms with Gasteiger partial charge in [-0.2, -0.15) is 5.10 Å². The van der Waals surface area contributed by atoms with Gasteiger partial charge in [0, 0.05) is 0 Å². The Morgan fingerprint density at radius 2 is 1.64 bits per heavy atom. The van der Waals surface area contributed by atoms with Crippen molar-refractivity contribution in [2.75, 3.05) is 0 Å². The Kier molecular flexibility index (Phi) is 2.73. The van der Waals surface area contributed by atoms with E-state index in [0.29, 0.717) is 6.54 Å². The highest BCUT2D eigenvalue weighted by Crippen LogP contribution is 2.40. The molecule has 1 atom stereocenters. The lowest BCUT2D eigenvalue weighted by molar-refractivity contribution is -0.130. The van der Waals surface area contributed by atoms with Crippen LogP contribution in [0.25, 0.3) is 0 Å². The molecule has 1 spiro atoms. The molecule has 2 aromatic carbocycles. The van der Waals surface area contributed by atoms with Gasteiger partial charge in [-0.05, 0) is 18.1 Å². The fourth-order valence-corrected chi connectivity index (χ4v) is 2.91. The van der Waals surface area contributed by atoms with Crippen LogP contribution in [-0.4, -0.2) is 27.9 Å². The predicted octanol–water partition coefficient (Wildman–Crippen LogP) is 2.65. The van der Waals surface area contributed by atoms with E-state index in [1.165, 1.54) is 5.01 Å². The summed E-state index contributed by atoms with van der Waals surface area (Å²) in [6, 6.07) is 19.7. The molecule has 0 saturated heterocycles. The van der Waals surface area contributed by atoms with Gasteiger partial charge in [-0.1, -0.05) is 60.7 Å². The average Bonchev–Trinajstić information content (AvgIpc) is 3.27. The standard InChI is InChI=1S/C18H15N3O/c1-13-18(16(19-18)15-10-6-3-7-11-15)17(22)21(20-13)12-14-8-4-2-5-9-14/h2-11H,12H2,1H3/t18-/m0/s1. The molecule has 0 saturated carbocycles. The summed E-state index contributed by atoms with van der Waals surface area (Å²) in [6.45, 7) is 2.36. The second-order valence-corrected chi connectivity index (χ2v) is 5.57. The molecular formula is C18H15N3O. The van der Waals surface area contributed by atoms with Crippen molar-refractivity contribution < 1.29 is 4.79 Å². The molecule has 2 heterocycles. The Hall–Kier alpha value is -2.75. The van der Waals surface area contributed by atoms with Crippen molar-refractivity contribution in [1.82, 2.24) is 5.01 Å². The summed E-state index contributed by atoms with van der Waals surface area (Å²) in [7, 11) is 0. The first-order chi connectivity index (χ1) is 10.7. The highest BCUT2D eigenvalue weighted by Gasteiger charge is 2.62. The third-order valence-electron chi connectivity index (χ3n) is 4.13. The van der Waals surface area contributed by atoms with E-state index in [9.17, 15) is 4.79 Å². The molecule has 4 heteroatoms. The molecule has 108 valence electrons. The molecule has 1 amide bonds. The smallest absolute Gasteiger partial charge is 0.269 e. The van der Waals surface area contributed by atoms with Gasteiger partial charge >= 0.3 is 0 Å². The lowest BCUT2D eigenvalue weighted by atomic mass is 9.94. The quantitative estimate of drug-likeness (QED) is 0.856. The predicted molar refractivity (Wildman–Crippen MR) is 85.8 cm³/mol. The summed E-state index contributed by atoms with van der Waals surface area (Å²) in [4.78, 5) is 17.3. The molecule has 0 radical (unpaired) electrons. The molecule has 0 unspecified atom stereocenters. The molecule has 2 aromatic rings. The third-order valence-corrected chi connectivity index (χ3v) is 4.13. The van der Waals surface area contributed by atoms with Gasteiger partial charge in [-0.15, -0.1) is 0 Å². The zero-order valence-electron chi connectivity index (χ0n) is 12.2. The highest BCUT2D eigenvalue weighted by atomic mass is 16.2. The zero-order valence-corrected chi connectivity index (χ0v) is 12.2. The van der Waals surface area contributed by atoms with Gasteiger partial charge < -0.3 is 0 Å². The number of hydrogen-bond donors (Lipinski definition) is 0. The summed E-state index contributed by atoms with van der Waals surface area (Å²) in [6.07, 6.45) is 0.